The molecule has 23 heavy (non-hydrogen) atoms. The van der Waals surface area contributed by atoms with Crippen LogP contribution in [0.4, 0.5) is 5.82 Å². The predicted octanol–water partition coefficient (Wildman–Crippen LogP) is 1.80. The Morgan fingerprint density at radius 1 is 1.13 bits per heavy atom. The van der Waals surface area contributed by atoms with Crippen LogP contribution >= 0.6 is 0 Å². The van der Waals surface area contributed by atoms with Crippen molar-refractivity contribution in [1.82, 2.24) is 15.5 Å². The molecule has 1 aromatic carbocycles. The van der Waals surface area contributed by atoms with Crippen molar-refractivity contribution >= 4 is 11.7 Å². The molecule has 1 aliphatic rings. The highest BCUT2D eigenvalue weighted by molar-refractivity contribution is 5.92. The average molecular weight is 312 g/mol. The molecule has 1 fully saturated rings. The number of hydrogen-bond acceptors (Lipinski definition) is 5. The van der Waals surface area contributed by atoms with Gasteiger partial charge in [-0.2, -0.15) is 0 Å². The minimum Gasteiger partial charge on any atom is -0.378 e. The second-order valence-electron chi connectivity index (χ2n) is 5.48. The van der Waals surface area contributed by atoms with Crippen molar-refractivity contribution in [2.75, 3.05) is 31.2 Å². The number of hydrogen-bond donors (Lipinski definition) is 1. The first-order valence-electron chi connectivity index (χ1n) is 7.76. The van der Waals surface area contributed by atoms with Crippen molar-refractivity contribution in [2.45, 2.75) is 13.0 Å². The molecule has 0 bridgehead atoms. The quantitative estimate of drug-likeness (QED) is 0.932. The normalized spacial score (nSPS) is 16.0. The van der Waals surface area contributed by atoms with E-state index in [2.05, 4.69) is 20.4 Å². The van der Waals surface area contributed by atoms with Crippen LogP contribution in [-0.4, -0.2) is 42.4 Å². The summed E-state index contributed by atoms with van der Waals surface area (Å²) in [6.45, 7) is 4.93. The summed E-state index contributed by atoms with van der Waals surface area (Å²) in [6, 6.07) is 13.3. The Balaban J connectivity index is 1.63. The Kier molecular flexibility index (Phi) is 4.83. The van der Waals surface area contributed by atoms with Gasteiger partial charge < -0.3 is 15.0 Å². The zero-order valence-electron chi connectivity index (χ0n) is 13.1. The monoisotopic (exact) mass is 312 g/mol. The first-order chi connectivity index (χ1) is 11.2. The highest BCUT2D eigenvalue weighted by Gasteiger charge is 2.16. The SMILES string of the molecule is CC(NC(=O)c1ccc(N2CCOCC2)nn1)c1ccccc1. The number of carbonyl (C=O) groups excluding carboxylic acids is 1. The molecule has 1 atom stereocenters. The Labute approximate surface area is 135 Å². The van der Waals surface area contributed by atoms with E-state index in [1.54, 1.807) is 6.07 Å². The number of benzene rings is 1. The van der Waals surface area contributed by atoms with Gasteiger partial charge in [0.2, 0.25) is 0 Å². The maximum atomic E-state index is 12.3. The molecule has 3 rings (SSSR count). The van der Waals surface area contributed by atoms with E-state index < -0.39 is 0 Å². The molecule has 1 aliphatic heterocycles. The molecular weight excluding hydrogens is 292 g/mol. The number of ether oxygens (including phenoxy) is 1. The van der Waals surface area contributed by atoms with Crippen molar-refractivity contribution in [2.24, 2.45) is 0 Å². The smallest absolute Gasteiger partial charge is 0.272 e. The summed E-state index contributed by atoms with van der Waals surface area (Å²) in [7, 11) is 0. The first-order valence-corrected chi connectivity index (χ1v) is 7.76. The number of anilines is 1. The summed E-state index contributed by atoms with van der Waals surface area (Å²) < 4.78 is 5.31. The molecule has 0 spiro atoms. The third kappa shape index (κ3) is 3.84. The maximum absolute atomic E-state index is 12.3. The van der Waals surface area contributed by atoms with E-state index in [1.807, 2.05) is 43.3 Å². The van der Waals surface area contributed by atoms with Gasteiger partial charge in [0, 0.05) is 13.1 Å². The van der Waals surface area contributed by atoms with E-state index in [0.717, 1.165) is 24.5 Å². The van der Waals surface area contributed by atoms with E-state index in [-0.39, 0.29) is 11.9 Å². The summed E-state index contributed by atoms with van der Waals surface area (Å²) in [5, 5.41) is 11.2. The van der Waals surface area contributed by atoms with E-state index in [1.165, 1.54) is 0 Å². The van der Waals surface area contributed by atoms with Crippen molar-refractivity contribution < 1.29 is 9.53 Å². The van der Waals surface area contributed by atoms with Gasteiger partial charge in [0.05, 0.1) is 19.3 Å². The van der Waals surface area contributed by atoms with Gasteiger partial charge in [0.25, 0.3) is 5.91 Å². The van der Waals surface area contributed by atoms with Crippen LogP contribution in [0.3, 0.4) is 0 Å². The molecule has 6 nitrogen and oxygen atoms in total. The third-order valence-corrected chi connectivity index (χ3v) is 3.87. The van der Waals surface area contributed by atoms with Crippen LogP contribution in [0.5, 0.6) is 0 Å². The number of nitrogens with zero attached hydrogens (tertiary/aromatic N) is 3. The molecule has 1 saturated heterocycles. The zero-order valence-corrected chi connectivity index (χ0v) is 13.1. The molecule has 0 saturated carbocycles. The van der Waals surface area contributed by atoms with E-state index in [9.17, 15) is 4.79 Å². The van der Waals surface area contributed by atoms with Gasteiger partial charge in [0.15, 0.2) is 11.5 Å². The number of rotatable bonds is 4. The van der Waals surface area contributed by atoms with Crippen LogP contribution in [0.25, 0.3) is 0 Å². The van der Waals surface area contributed by atoms with Crippen molar-refractivity contribution in [3.05, 3.63) is 53.7 Å². The fourth-order valence-electron chi connectivity index (χ4n) is 2.50. The lowest BCUT2D eigenvalue weighted by molar-refractivity contribution is 0.0933. The summed E-state index contributed by atoms with van der Waals surface area (Å²) in [5.41, 5.74) is 1.38. The lowest BCUT2D eigenvalue weighted by Crippen LogP contribution is -2.37. The molecule has 6 heteroatoms. The fourth-order valence-corrected chi connectivity index (χ4v) is 2.50. The Morgan fingerprint density at radius 3 is 2.52 bits per heavy atom. The Bertz CT molecular complexity index is 639. The van der Waals surface area contributed by atoms with Gasteiger partial charge in [-0.25, -0.2) is 0 Å². The van der Waals surface area contributed by atoms with Gasteiger partial charge >= 0.3 is 0 Å². The standard InChI is InChI=1S/C17H20N4O2/c1-13(14-5-3-2-4-6-14)18-17(22)15-7-8-16(20-19-15)21-9-11-23-12-10-21/h2-8,13H,9-12H2,1H3,(H,18,22). The number of carbonyl (C=O) groups is 1. The number of nitrogens with one attached hydrogen (secondary N) is 1. The van der Waals surface area contributed by atoms with E-state index >= 15 is 0 Å². The molecular formula is C17H20N4O2. The summed E-state index contributed by atoms with van der Waals surface area (Å²) in [5.74, 6) is 0.559. The van der Waals surface area contributed by atoms with Gasteiger partial charge in [-0.3, -0.25) is 4.79 Å². The van der Waals surface area contributed by atoms with Crippen LogP contribution in [-0.2, 0) is 4.74 Å². The summed E-state index contributed by atoms with van der Waals surface area (Å²) in [4.78, 5) is 14.4. The van der Waals surface area contributed by atoms with E-state index in [4.69, 9.17) is 4.74 Å². The molecule has 1 amide bonds. The first kappa shape index (κ1) is 15.4. The van der Waals surface area contributed by atoms with Gasteiger partial charge in [0.1, 0.15) is 0 Å². The highest BCUT2D eigenvalue weighted by Crippen LogP contribution is 2.14. The van der Waals surface area contributed by atoms with Gasteiger partial charge in [-0.15, -0.1) is 10.2 Å². The minimum atomic E-state index is -0.220. The van der Waals surface area contributed by atoms with Crippen LogP contribution in [0.2, 0.25) is 0 Å². The molecule has 2 aromatic rings. The zero-order chi connectivity index (χ0) is 16.1. The second kappa shape index (κ2) is 7.19. The predicted molar refractivity (Wildman–Crippen MR) is 87.4 cm³/mol. The van der Waals surface area contributed by atoms with Crippen LogP contribution in [0, 0.1) is 0 Å². The van der Waals surface area contributed by atoms with Crippen LogP contribution < -0.4 is 10.2 Å². The summed E-state index contributed by atoms with van der Waals surface area (Å²) in [6.07, 6.45) is 0. The van der Waals surface area contributed by atoms with Crippen LogP contribution in [0.1, 0.15) is 29.0 Å². The van der Waals surface area contributed by atoms with Crippen molar-refractivity contribution in [3.8, 4) is 0 Å². The third-order valence-electron chi connectivity index (χ3n) is 3.87. The average Bonchev–Trinajstić information content (AvgIpc) is 2.63. The molecule has 1 unspecified atom stereocenters. The largest absolute Gasteiger partial charge is 0.378 e. The molecule has 0 aliphatic carbocycles. The van der Waals surface area contributed by atoms with Crippen molar-refractivity contribution in [1.29, 1.82) is 0 Å². The number of morpholine rings is 1. The fraction of sp³-hybridized carbons (Fsp3) is 0.353. The molecule has 1 aromatic heterocycles. The summed E-state index contributed by atoms with van der Waals surface area (Å²) >= 11 is 0. The highest BCUT2D eigenvalue weighted by atomic mass is 16.5. The molecule has 1 N–H and O–H groups in total. The van der Waals surface area contributed by atoms with Crippen LogP contribution in [0.15, 0.2) is 42.5 Å². The van der Waals surface area contributed by atoms with Crippen molar-refractivity contribution in [3.63, 3.8) is 0 Å². The maximum Gasteiger partial charge on any atom is 0.272 e. The number of aromatic nitrogens is 2. The molecule has 120 valence electrons. The number of amides is 1. The van der Waals surface area contributed by atoms with Gasteiger partial charge in [-0.1, -0.05) is 30.3 Å². The molecule has 2 heterocycles. The Morgan fingerprint density at radius 2 is 1.87 bits per heavy atom. The van der Waals surface area contributed by atoms with E-state index in [0.29, 0.717) is 18.9 Å². The molecule has 0 radical (unpaired) electrons. The minimum absolute atomic E-state index is 0.0792. The topological polar surface area (TPSA) is 67.4 Å². The lowest BCUT2D eigenvalue weighted by atomic mass is 10.1. The van der Waals surface area contributed by atoms with Gasteiger partial charge in [-0.05, 0) is 24.6 Å². The second-order valence-corrected chi connectivity index (χ2v) is 5.48. The Hall–Kier alpha value is -2.47. The lowest BCUT2D eigenvalue weighted by Gasteiger charge is -2.27.